The summed E-state index contributed by atoms with van der Waals surface area (Å²) in [6, 6.07) is 3.23. The Morgan fingerprint density at radius 1 is 1.39 bits per heavy atom. The molecule has 1 atom stereocenters. The van der Waals surface area contributed by atoms with Crippen molar-refractivity contribution < 1.29 is 21.3 Å². The van der Waals surface area contributed by atoms with Crippen LogP contribution in [0.3, 0.4) is 0 Å². The van der Waals surface area contributed by atoms with Gasteiger partial charge in [-0.15, -0.1) is 0 Å². The van der Waals surface area contributed by atoms with Crippen LogP contribution in [0, 0.1) is 0 Å². The van der Waals surface area contributed by atoms with Crippen LogP contribution in [0.1, 0.15) is 12.2 Å². The van der Waals surface area contributed by atoms with Crippen LogP contribution in [-0.2, 0) is 25.6 Å². The van der Waals surface area contributed by atoms with E-state index in [1.54, 1.807) is 12.1 Å². The molecule has 0 aliphatic carbocycles. The quantitative estimate of drug-likeness (QED) is 0.793. The van der Waals surface area contributed by atoms with Crippen LogP contribution in [0.5, 0.6) is 0 Å². The molecule has 1 aromatic heterocycles. The Morgan fingerprint density at radius 2 is 2.11 bits per heavy atom. The van der Waals surface area contributed by atoms with Crippen LogP contribution in [0.25, 0.3) is 0 Å². The van der Waals surface area contributed by atoms with E-state index in [9.17, 15) is 16.8 Å². The molecule has 0 saturated carbocycles. The largest absolute Gasteiger partial charge is 0.468 e. The smallest absolute Gasteiger partial charge is 0.211 e. The molecular formula is C10H15NO5S2. The van der Waals surface area contributed by atoms with Crippen molar-refractivity contribution in [2.75, 3.05) is 19.3 Å². The van der Waals surface area contributed by atoms with Crippen molar-refractivity contribution in [1.82, 2.24) is 4.31 Å². The first kappa shape index (κ1) is 13.6. The van der Waals surface area contributed by atoms with Gasteiger partial charge in [0.15, 0.2) is 9.84 Å². The highest BCUT2D eigenvalue weighted by molar-refractivity contribution is 7.91. The SMILES string of the molecule is CS(=O)(=O)N1CCC(S(=O)(=O)Cc2ccco2)C1. The van der Waals surface area contributed by atoms with E-state index in [0.717, 1.165) is 6.26 Å². The number of hydrogen-bond acceptors (Lipinski definition) is 5. The van der Waals surface area contributed by atoms with Crippen molar-refractivity contribution in [3.8, 4) is 0 Å². The summed E-state index contributed by atoms with van der Waals surface area (Å²) >= 11 is 0. The summed E-state index contributed by atoms with van der Waals surface area (Å²) in [5.74, 6) is 0.204. The Labute approximate surface area is 107 Å². The van der Waals surface area contributed by atoms with Gasteiger partial charge in [0.25, 0.3) is 0 Å². The molecule has 0 spiro atoms. The summed E-state index contributed by atoms with van der Waals surface area (Å²) in [4.78, 5) is 0. The van der Waals surface area contributed by atoms with E-state index in [4.69, 9.17) is 4.42 Å². The Kier molecular flexibility index (Phi) is 3.52. The number of sulfone groups is 1. The highest BCUT2D eigenvalue weighted by atomic mass is 32.2. The molecule has 0 radical (unpaired) electrons. The standard InChI is InChI=1S/C10H15NO5S2/c1-17(12,13)11-5-4-10(7-11)18(14,15)8-9-3-2-6-16-9/h2-3,6,10H,4-5,7-8H2,1H3. The fraction of sp³-hybridized carbons (Fsp3) is 0.600. The summed E-state index contributed by atoms with van der Waals surface area (Å²) in [5.41, 5.74) is 0. The second-order valence-electron chi connectivity index (χ2n) is 4.42. The van der Waals surface area contributed by atoms with Crippen molar-refractivity contribution in [2.45, 2.75) is 17.4 Å². The van der Waals surface area contributed by atoms with Gasteiger partial charge in [0.05, 0.1) is 17.8 Å². The molecule has 1 unspecified atom stereocenters. The van der Waals surface area contributed by atoms with Gasteiger partial charge < -0.3 is 4.42 Å². The minimum atomic E-state index is -3.38. The van der Waals surface area contributed by atoms with E-state index in [1.807, 2.05) is 0 Å². The minimum absolute atomic E-state index is 0.0435. The van der Waals surface area contributed by atoms with Crippen LogP contribution in [0.2, 0.25) is 0 Å². The van der Waals surface area contributed by atoms with E-state index < -0.39 is 25.1 Å². The molecular weight excluding hydrogens is 278 g/mol. The van der Waals surface area contributed by atoms with Gasteiger partial charge in [-0.2, -0.15) is 0 Å². The topological polar surface area (TPSA) is 84.7 Å². The Balaban J connectivity index is 2.09. The normalized spacial score (nSPS) is 22.4. The third-order valence-electron chi connectivity index (χ3n) is 3.01. The Hall–Kier alpha value is -0.860. The molecule has 0 aromatic carbocycles. The van der Waals surface area contributed by atoms with Crippen molar-refractivity contribution in [3.05, 3.63) is 24.2 Å². The van der Waals surface area contributed by atoms with Gasteiger partial charge in [-0.1, -0.05) is 0 Å². The maximum absolute atomic E-state index is 12.1. The summed E-state index contributed by atoms with van der Waals surface area (Å²) in [5, 5.41) is -0.641. The fourth-order valence-electron chi connectivity index (χ4n) is 2.00. The molecule has 8 heteroatoms. The number of sulfonamides is 1. The number of nitrogens with zero attached hydrogens (tertiary/aromatic N) is 1. The lowest BCUT2D eigenvalue weighted by molar-refractivity contribution is 0.481. The average Bonchev–Trinajstić information content (AvgIpc) is 2.83. The average molecular weight is 293 g/mol. The van der Waals surface area contributed by atoms with Gasteiger partial charge in [-0.25, -0.2) is 21.1 Å². The summed E-state index contributed by atoms with van der Waals surface area (Å²) in [6.45, 7) is 0.308. The third-order valence-corrected chi connectivity index (χ3v) is 6.37. The zero-order chi connectivity index (χ0) is 13.4. The molecule has 1 aliphatic heterocycles. The predicted octanol–water partition coefficient (Wildman–Crippen LogP) is 0.228. The molecule has 1 aromatic rings. The molecule has 0 amide bonds. The van der Waals surface area contributed by atoms with Crippen LogP contribution >= 0.6 is 0 Å². The van der Waals surface area contributed by atoms with Crippen LogP contribution < -0.4 is 0 Å². The summed E-state index contributed by atoms with van der Waals surface area (Å²) in [7, 11) is -6.69. The van der Waals surface area contributed by atoms with E-state index in [1.165, 1.54) is 10.6 Å². The van der Waals surface area contributed by atoms with Crippen LogP contribution in [0.15, 0.2) is 22.8 Å². The highest BCUT2D eigenvalue weighted by Crippen LogP contribution is 2.22. The third kappa shape index (κ3) is 2.93. The van der Waals surface area contributed by atoms with Crippen LogP contribution in [0.4, 0.5) is 0 Å². The van der Waals surface area contributed by atoms with E-state index in [2.05, 4.69) is 0 Å². The van der Waals surface area contributed by atoms with Crippen LogP contribution in [-0.4, -0.2) is 45.7 Å². The fourth-order valence-corrected chi connectivity index (χ4v) is 4.65. The molecule has 2 rings (SSSR count). The highest BCUT2D eigenvalue weighted by Gasteiger charge is 2.36. The van der Waals surface area contributed by atoms with E-state index in [-0.39, 0.29) is 18.8 Å². The van der Waals surface area contributed by atoms with Gasteiger partial charge in [0, 0.05) is 13.1 Å². The summed E-state index contributed by atoms with van der Waals surface area (Å²) < 4.78 is 53.1. The zero-order valence-corrected chi connectivity index (χ0v) is 11.6. The molecule has 6 nitrogen and oxygen atoms in total. The second-order valence-corrected chi connectivity index (χ2v) is 8.68. The molecule has 0 bridgehead atoms. The van der Waals surface area contributed by atoms with Gasteiger partial charge in [-0.05, 0) is 18.6 Å². The zero-order valence-electron chi connectivity index (χ0n) is 9.94. The van der Waals surface area contributed by atoms with E-state index in [0.29, 0.717) is 12.2 Å². The first-order valence-corrected chi connectivity index (χ1v) is 9.04. The summed E-state index contributed by atoms with van der Waals surface area (Å²) in [6.07, 6.45) is 2.85. The number of rotatable bonds is 4. The monoisotopic (exact) mass is 293 g/mol. The first-order chi connectivity index (χ1) is 8.29. The maximum Gasteiger partial charge on any atom is 0.211 e. The lowest BCUT2D eigenvalue weighted by Gasteiger charge is -2.13. The predicted molar refractivity (Wildman–Crippen MR) is 66.2 cm³/mol. The molecule has 1 aliphatic rings. The number of furan rings is 1. The maximum atomic E-state index is 12.1. The van der Waals surface area contributed by atoms with E-state index >= 15 is 0 Å². The lowest BCUT2D eigenvalue weighted by Crippen LogP contribution is -2.31. The second kappa shape index (κ2) is 4.67. The van der Waals surface area contributed by atoms with Crippen molar-refractivity contribution in [1.29, 1.82) is 0 Å². The molecule has 2 heterocycles. The van der Waals surface area contributed by atoms with Gasteiger partial charge >= 0.3 is 0 Å². The lowest BCUT2D eigenvalue weighted by atomic mass is 10.4. The Bertz CT molecular complexity index is 603. The molecule has 102 valence electrons. The molecule has 0 N–H and O–H groups in total. The Morgan fingerprint density at radius 3 is 2.61 bits per heavy atom. The molecule has 18 heavy (non-hydrogen) atoms. The first-order valence-electron chi connectivity index (χ1n) is 5.48. The van der Waals surface area contributed by atoms with Crippen molar-refractivity contribution >= 4 is 19.9 Å². The van der Waals surface area contributed by atoms with Crippen molar-refractivity contribution in [3.63, 3.8) is 0 Å². The van der Waals surface area contributed by atoms with Gasteiger partial charge in [-0.3, -0.25) is 0 Å². The number of hydrogen-bond donors (Lipinski definition) is 0. The molecule has 1 fully saturated rings. The van der Waals surface area contributed by atoms with Crippen molar-refractivity contribution in [2.24, 2.45) is 0 Å². The van der Waals surface area contributed by atoms with Gasteiger partial charge in [0.1, 0.15) is 11.5 Å². The van der Waals surface area contributed by atoms with Gasteiger partial charge in [0.2, 0.25) is 10.0 Å². The molecule has 1 saturated heterocycles. The minimum Gasteiger partial charge on any atom is -0.468 e.